The number of rotatable bonds is 6. The Bertz CT molecular complexity index is 417. The Morgan fingerprint density at radius 2 is 2.09 bits per heavy atom. The third kappa shape index (κ3) is 3.72. The molecule has 10 heteroatoms. The summed E-state index contributed by atoms with van der Waals surface area (Å²) < 4.78 is 9.92. The predicted molar refractivity (Wildman–Crippen MR) is 66.9 cm³/mol. The number of methoxy groups -OCH3 is 1. The van der Waals surface area contributed by atoms with Crippen LogP contribution in [0.1, 0.15) is 13.3 Å². The summed E-state index contributed by atoms with van der Waals surface area (Å²) in [6, 6.07) is -1.21. The molecule has 1 saturated heterocycles. The molecule has 0 radical (unpaired) electrons. The number of hydrogen-bond acceptors (Lipinski definition) is 9. The quantitative estimate of drug-likeness (QED) is 0.323. The molecule has 1 heterocycles. The minimum absolute atomic E-state index is 0.560. The number of carbonyl (C=O) groups excluding carboxylic acids is 2. The van der Waals surface area contributed by atoms with Gasteiger partial charge in [-0.15, -0.1) is 0 Å². The lowest BCUT2D eigenvalue weighted by Crippen LogP contribution is -2.69. The summed E-state index contributed by atoms with van der Waals surface area (Å²) in [5.41, 5.74) is 0. The topological polar surface area (TPSA) is 169 Å². The highest BCUT2D eigenvalue weighted by molar-refractivity contribution is 5.75. The van der Waals surface area contributed by atoms with Crippen LogP contribution in [0.15, 0.2) is 0 Å². The van der Waals surface area contributed by atoms with Crippen LogP contribution in [0.4, 0.5) is 0 Å². The van der Waals surface area contributed by atoms with E-state index >= 15 is 0 Å². The number of carbonyl (C=O) groups is 2. The van der Waals surface area contributed by atoms with Crippen molar-refractivity contribution in [2.45, 2.75) is 49.6 Å². The highest BCUT2D eigenvalue weighted by Crippen LogP contribution is 2.32. The maximum atomic E-state index is 11.2. The molecule has 10 nitrogen and oxygen atoms in total. The summed E-state index contributed by atoms with van der Waals surface area (Å²) in [6.45, 7) is 0.310. The highest BCUT2D eigenvalue weighted by atomic mass is 16.7. The lowest BCUT2D eigenvalue weighted by molar-refractivity contribution is -0.378. The maximum absolute atomic E-state index is 11.2. The Balaban J connectivity index is 3.14. The van der Waals surface area contributed by atoms with Gasteiger partial charge in [-0.25, -0.2) is 0 Å². The van der Waals surface area contributed by atoms with Crippen LogP contribution < -0.4 is 10.4 Å². The van der Waals surface area contributed by atoms with E-state index in [1.54, 1.807) is 0 Å². The lowest BCUT2D eigenvalue weighted by atomic mass is 9.88. The molecular weight excluding hydrogens is 302 g/mol. The Morgan fingerprint density at radius 1 is 1.50 bits per heavy atom. The number of ether oxygens (including phenoxy) is 2. The molecule has 0 aromatic carbocycles. The van der Waals surface area contributed by atoms with Crippen LogP contribution in [0.3, 0.4) is 0 Å². The van der Waals surface area contributed by atoms with Crippen molar-refractivity contribution >= 4 is 11.9 Å². The van der Waals surface area contributed by atoms with Gasteiger partial charge in [0.25, 0.3) is 0 Å². The number of amides is 1. The maximum Gasteiger partial charge on any atom is 0.217 e. The van der Waals surface area contributed by atoms with E-state index in [0.717, 1.165) is 14.0 Å². The van der Waals surface area contributed by atoms with E-state index in [9.17, 15) is 30.0 Å². The second-order valence-corrected chi connectivity index (χ2v) is 5.07. The number of aliphatic carboxylic acids is 1. The molecule has 1 aliphatic heterocycles. The molecule has 1 fully saturated rings. The number of nitrogens with one attached hydrogen (secondary N) is 1. The summed E-state index contributed by atoms with van der Waals surface area (Å²) in [5, 5.41) is 52.0. The molecule has 0 aromatic rings. The summed E-state index contributed by atoms with van der Waals surface area (Å²) >= 11 is 0. The van der Waals surface area contributed by atoms with E-state index in [2.05, 4.69) is 5.32 Å². The number of aliphatic hydroxyl groups excluding tert-OH is 4. The number of carboxylic acids is 1. The Kier molecular flexibility index (Phi) is 6.23. The minimum atomic E-state index is -2.35. The molecule has 128 valence electrons. The fourth-order valence-electron chi connectivity index (χ4n) is 2.33. The normalized spacial score (nSPS) is 34.7. The molecule has 0 aromatic heterocycles. The van der Waals surface area contributed by atoms with Gasteiger partial charge in [-0.3, -0.25) is 4.79 Å². The van der Waals surface area contributed by atoms with Crippen molar-refractivity contribution in [2.24, 2.45) is 0 Å². The summed E-state index contributed by atoms with van der Waals surface area (Å²) in [4.78, 5) is 22.4. The van der Waals surface area contributed by atoms with Gasteiger partial charge in [-0.2, -0.15) is 0 Å². The molecule has 0 spiro atoms. The second kappa shape index (κ2) is 7.31. The highest BCUT2D eigenvalue weighted by Gasteiger charge is 2.51. The average Bonchev–Trinajstić information content (AvgIpc) is 2.46. The summed E-state index contributed by atoms with van der Waals surface area (Å²) in [5.74, 6) is -4.71. The van der Waals surface area contributed by atoms with Gasteiger partial charge in [0, 0.05) is 20.5 Å². The molecule has 1 rings (SSSR count). The molecule has 0 aliphatic carbocycles. The predicted octanol–water partition coefficient (Wildman–Crippen LogP) is -4.55. The fourth-order valence-corrected chi connectivity index (χ4v) is 2.33. The largest absolute Gasteiger partial charge is 0.544 e. The monoisotopic (exact) mass is 322 g/mol. The van der Waals surface area contributed by atoms with Gasteiger partial charge < -0.3 is 45.1 Å². The molecule has 6 atom stereocenters. The molecule has 0 bridgehead atoms. The Labute approximate surface area is 126 Å². The molecule has 1 unspecified atom stereocenters. The molecule has 5 N–H and O–H groups in total. The van der Waals surface area contributed by atoms with Gasteiger partial charge >= 0.3 is 0 Å². The van der Waals surface area contributed by atoms with Crippen LogP contribution in [0.25, 0.3) is 0 Å². The number of aliphatic hydroxyl groups is 4. The van der Waals surface area contributed by atoms with Crippen LogP contribution in [0.2, 0.25) is 0 Å². The summed E-state index contributed by atoms with van der Waals surface area (Å²) in [6.07, 6.45) is -7.03. The van der Waals surface area contributed by atoms with E-state index < -0.39 is 61.1 Å². The smallest absolute Gasteiger partial charge is 0.217 e. The van der Waals surface area contributed by atoms with E-state index in [-0.39, 0.29) is 0 Å². The van der Waals surface area contributed by atoms with Crippen LogP contribution in [0, 0.1) is 0 Å². The van der Waals surface area contributed by atoms with Gasteiger partial charge in [-0.05, 0) is 0 Å². The van der Waals surface area contributed by atoms with Gasteiger partial charge in [-0.1, -0.05) is 0 Å². The van der Waals surface area contributed by atoms with E-state index in [0.29, 0.717) is 0 Å². The van der Waals surface area contributed by atoms with Crippen molar-refractivity contribution in [3.05, 3.63) is 0 Å². The van der Waals surface area contributed by atoms with E-state index in [1.165, 1.54) is 0 Å². The first kappa shape index (κ1) is 18.7. The zero-order chi connectivity index (χ0) is 17.1. The van der Waals surface area contributed by atoms with Crippen LogP contribution in [-0.2, 0) is 19.1 Å². The zero-order valence-electron chi connectivity index (χ0n) is 12.1. The average molecular weight is 322 g/mol. The third-order valence-electron chi connectivity index (χ3n) is 3.50. The fraction of sp³-hybridized carbons (Fsp3) is 0.833. The summed E-state index contributed by atoms with van der Waals surface area (Å²) in [7, 11) is 1.01. The van der Waals surface area contributed by atoms with Crippen molar-refractivity contribution in [3.8, 4) is 0 Å². The van der Waals surface area contributed by atoms with E-state index in [4.69, 9.17) is 14.6 Å². The molecule has 22 heavy (non-hydrogen) atoms. The van der Waals surface area contributed by atoms with Gasteiger partial charge in [0.15, 0.2) is 0 Å². The Hall–Kier alpha value is -1.30. The number of hydrogen-bond donors (Lipinski definition) is 5. The molecular formula is C12H20NO9-. The van der Waals surface area contributed by atoms with Gasteiger partial charge in [0.1, 0.15) is 24.3 Å². The van der Waals surface area contributed by atoms with Crippen molar-refractivity contribution in [3.63, 3.8) is 0 Å². The van der Waals surface area contributed by atoms with Crippen molar-refractivity contribution in [2.75, 3.05) is 13.7 Å². The van der Waals surface area contributed by atoms with Gasteiger partial charge in [0.05, 0.1) is 18.8 Å². The molecule has 0 saturated carbocycles. The first-order chi connectivity index (χ1) is 10.2. The SMILES string of the molecule is CO[C@]1(C(=O)[O-])C[C@@H](O)[C@@H](NC(C)=O)C([C@H](O)[C@H](O)CO)O1. The van der Waals surface area contributed by atoms with E-state index in [1.807, 2.05) is 0 Å². The Morgan fingerprint density at radius 3 is 2.50 bits per heavy atom. The zero-order valence-corrected chi connectivity index (χ0v) is 12.1. The third-order valence-corrected chi connectivity index (χ3v) is 3.50. The molecule has 1 amide bonds. The minimum Gasteiger partial charge on any atom is -0.544 e. The van der Waals surface area contributed by atoms with Crippen LogP contribution in [0.5, 0.6) is 0 Å². The first-order valence-corrected chi connectivity index (χ1v) is 6.55. The van der Waals surface area contributed by atoms with Crippen molar-refractivity contribution in [1.82, 2.24) is 5.32 Å². The molecule has 1 aliphatic rings. The lowest BCUT2D eigenvalue weighted by Gasteiger charge is -2.48. The van der Waals surface area contributed by atoms with Crippen molar-refractivity contribution < 1.29 is 44.6 Å². The van der Waals surface area contributed by atoms with Crippen molar-refractivity contribution in [1.29, 1.82) is 0 Å². The van der Waals surface area contributed by atoms with Crippen LogP contribution >= 0.6 is 0 Å². The standard InChI is InChI=1S/C12H21NO9/c1-5(15)13-8-6(16)3-12(21-2,11(19)20)22-10(8)9(18)7(17)4-14/h6-10,14,16-18H,3-4H2,1-2H3,(H,13,15)(H,19,20)/p-1/t6-,7-,8-,9-,10?,12-/m1/s1. The second-order valence-electron chi connectivity index (χ2n) is 5.07. The number of carboxylic acid groups (broad SMARTS) is 1. The first-order valence-electron chi connectivity index (χ1n) is 6.55. The van der Waals surface area contributed by atoms with Crippen LogP contribution in [-0.4, -0.2) is 82.3 Å². The van der Waals surface area contributed by atoms with Gasteiger partial charge in [0.2, 0.25) is 11.7 Å².